The Balaban J connectivity index is 0.00000264. The maximum Gasteiger partial charge on any atom is 0.188 e. The van der Waals surface area contributed by atoms with Crippen molar-refractivity contribution in [3.63, 3.8) is 0 Å². The SMILES string of the molecule is COc1ccc(-c2ccc(CN=C(N)NCC(C)C)s2)cc1.I. The number of hydrogen-bond acceptors (Lipinski definition) is 3. The summed E-state index contributed by atoms with van der Waals surface area (Å²) in [5, 5.41) is 3.12. The normalized spacial score (nSPS) is 11.2. The van der Waals surface area contributed by atoms with Crippen LogP contribution >= 0.6 is 35.3 Å². The number of aliphatic imine (C=N–C) groups is 1. The molecule has 0 aliphatic carbocycles. The van der Waals surface area contributed by atoms with E-state index in [1.807, 2.05) is 12.1 Å². The van der Waals surface area contributed by atoms with E-state index in [1.165, 1.54) is 15.3 Å². The van der Waals surface area contributed by atoms with Crippen LogP contribution in [0.2, 0.25) is 0 Å². The van der Waals surface area contributed by atoms with E-state index in [4.69, 9.17) is 10.5 Å². The number of methoxy groups -OCH3 is 1. The van der Waals surface area contributed by atoms with Gasteiger partial charge in [-0.1, -0.05) is 13.8 Å². The van der Waals surface area contributed by atoms with Crippen molar-refractivity contribution in [2.75, 3.05) is 13.7 Å². The topological polar surface area (TPSA) is 59.6 Å². The first-order valence-electron chi connectivity index (χ1n) is 7.35. The number of thiophene rings is 1. The van der Waals surface area contributed by atoms with Gasteiger partial charge in [-0.3, -0.25) is 0 Å². The van der Waals surface area contributed by atoms with Crippen LogP contribution in [-0.4, -0.2) is 19.6 Å². The number of guanidine groups is 1. The van der Waals surface area contributed by atoms with Crippen LogP contribution in [0, 0.1) is 5.92 Å². The molecule has 0 amide bonds. The van der Waals surface area contributed by atoms with Crippen LogP contribution in [0.4, 0.5) is 0 Å². The molecule has 4 nitrogen and oxygen atoms in total. The minimum absolute atomic E-state index is 0. The molecular formula is C17H24IN3OS. The van der Waals surface area contributed by atoms with Gasteiger partial charge in [0, 0.05) is 16.3 Å². The van der Waals surface area contributed by atoms with Crippen molar-refractivity contribution in [3.05, 3.63) is 41.3 Å². The van der Waals surface area contributed by atoms with E-state index in [-0.39, 0.29) is 24.0 Å². The summed E-state index contributed by atoms with van der Waals surface area (Å²) in [4.78, 5) is 6.79. The molecule has 0 aliphatic heterocycles. The molecule has 0 saturated heterocycles. The molecule has 3 N–H and O–H groups in total. The van der Waals surface area contributed by atoms with Gasteiger partial charge in [0.2, 0.25) is 0 Å². The Kier molecular flexibility index (Phi) is 8.40. The van der Waals surface area contributed by atoms with Gasteiger partial charge in [-0.2, -0.15) is 0 Å². The standard InChI is InChI=1S/C17H23N3OS.HI/c1-12(2)10-19-17(18)20-11-15-8-9-16(22-15)13-4-6-14(21-3)7-5-13;/h4-9,12H,10-11H2,1-3H3,(H3,18,19,20);1H. The second-order valence-corrected chi connectivity index (χ2v) is 6.64. The van der Waals surface area contributed by atoms with E-state index >= 15 is 0 Å². The highest BCUT2D eigenvalue weighted by molar-refractivity contribution is 14.0. The minimum atomic E-state index is 0. The average molecular weight is 445 g/mol. The lowest BCUT2D eigenvalue weighted by Gasteiger charge is -2.07. The highest BCUT2D eigenvalue weighted by Crippen LogP contribution is 2.29. The van der Waals surface area contributed by atoms with Crippen molar-refractivity contribution in [1.82, 2.24) is 5.32 Å². The van der Waals surface area contributed by atoms with E-state index in [0.717, 1.165) is 12.3 Å². The second kappa shape index (κ2) is 9.77. The first-order chi connectivity index (χ1) is 10.6. The van der Waals surface area contributed by atoms with Crippen LogP contribution < -0.4 is 15.8 Å². The Morgan fingerprint density at radius 3 is 2.52 bits per heavy atom. The van der Waals surface area contributed by atoms with Crippen molar-refractivity contribution in [3.8, 4) is 16.2 Å². The molecule has 0 atom stereocenters. The van der Waals surface area contributed by atoms with Crippen molar-refractivity contribution in [1.29, 1.82) is 0 Å². The van der Waals surface area contributed by atoms with Gasteiger partial charge in [-0.05, 0) is 47.9 Å². The van der Waals surface area contributed by atoms with E-state index in [1.54, 1.807) is 18.4 Å². The average Bonchev–Trinajstić information content (AvgIpc) is 3.00. The molecule has 1 heterocycles. The molecule has 23 heavy (non-hydrogen) atoms. The smallest absolute Gasteiger partial charge is 0.188 e. The first kappa shape index (κ1) is 19.8. The van der Waals surface area contributed by atoms with Crippen LogP contribution in [0.25, 0.3) is 10.4 Å². The summed E-state index contributed by atoms with van der Waals surface area (Å²) in [6, 6.07) is 12.3. The summed E-state index contributed by atoms with van der Waals surface area (Å²) < 4.78 is 5.18. The monoisotopic (exact) mass is 445 g/mol. The van der Waals surface area contributed by atoms with Crippen molar-refractivity contribution < 1.29 is 4.74 Å². The van der Waals surface area contributed by atoms with Gasteiger partial charge in [0.1, 0.15) is 5.75 Å². The number of nitrogens with zero attached hydrogens (tertiary/aromatic N) is 1. The molecule has 2 rings (SSSR count). The molecule has 0 aliphatic rings. The number of benzene rings is 1. The lowest BCUT2D eigenvalue weighted by atomic mass is 10.2. The Morgan fingerprint density at radius 1 is 1.22 bits per heavy atom. The van der Waals surface area contributed by atoms with Crippen LogP contribution in [-0.2, 0) is 6.54 Å². The van der Waals surface area contributed by atoms with E-state index in [2.05, 4.69) is 48.4 Å². The summed E-state index contributed by atoms with van der Waals surface area (Å²) in [6.07, 6.45) is 0. The summed E-state index contributed by atoms with van der Waals surface area (Å²) in [5.74, 6) is 1.93. The van der Waals surface area contributed by atoms with Gasteiger partial charge in [-0.25, -0.2) is 4.99 Å². The van der Waals surface area contributed by atoms with Gasteiger partial charge in [0.25, 0.3) is 0 Å². The van der Waals surface area contributed by atoms with Crippen LogP contribution in [0.3, 0.4) is 0 Å². The number of halogens is 1. The number of hydrogen-bond donors (Lipinski definition) is 2. The fraction of sp³-hybridized carbons (Fsp3) is 0.353. The Hall–Kier alpha value is -1.28. The van der Waals surface area contributed by atoms with Gasteiger partial charge in [-0.15, -0.1) is 35.3 Å². The largest absolute Gasteiger partial charge is 0.497 e. The van der Waals surface area contributed by atoms with Crippen molar-refractivity contribution in [2.24, 2.45) is 16.6 Å². The molecule has 1 aromatic heterocycles. The third kappa shape index (κ3) is 6.39. The van der Waals surface area contributed by atoms with E-state index in [0.29, 0.717) is 18.4 Å². The fourth-order valence-corrected chi connectivity index (χ4v) is 2.84. The number of nitrogens with two attached hydrogens (primary N) is 1. The van der Waals surface area contributed by atoms with E-state index in [9.17, 15) is 0 Å². The lowest BCUT2D eigenvalue weighted by molar-refractivity contribution is 0.415. The van der Waals surface area contributed by atoms with Gasteiger partial charge < -0.3 is 15.8 Å². The molecule has 0 radical (unpaired) electrons. The van der Waals surface area contributed by atoms with Crippen LogP contribution in [0.5, 0.6) is 5.75 Å². The Bertz CT molecular complexity index is 623. The zero-order chi connectivity index (χ0) is 15.9. The third-order valence-corrected chi connectivity index (χ3v) is 4.25. The molecule has 1 aromatic carbocycles. The van der Waals surface area contributed by atoms with Crippen molar-refractivity contribution in [2.45, 2.75) is 20.4 Å². The van der Waals surface area contributed by atoms with Gasteiger partial charge >= 0.3 is 0 Å². The molecule has 0 saturated carbocycles. The fourth-order valence-electron chi connectivity index (χ4n) is 1.90. The zero-order valence-electron chi connectivity index (χ0n) is 13.7. The Labute approximate surface area is 159 Å². The molecule has 0 bridgehead atoms. The quantitative estimate of drug-likeness (QED) is 0.400. The molecular weight excluding hydrogens is 421 g/mol. The Morgan fingerprint density at radius 2 is 1.91 bits per heavy atom. The van der Waals surface area contributed by atoms with Crippen LogP contribution in [0.15, 0.2) is 41.4 Å². The summed E-state index contributed by atoms with van der Waals surface area (Å²) in [5.41, 5.74) is 7.04. The summed E-state index contributed by atoms with van der Waals surface area (Å²) in [6.45, 7) is 5.73. The number of rotatable bonds is 6. The predicted molar refractivity (Wildman–Crippen MR) is 110 cm³/mol. The molecule has 2 aromatic rings. The maximum atomic E-state index is 5.85. The third-order valence-electron chi connectivity index (χ3n) is 3.13. The van der Waals surface area contributed by atoms with Crippen molar-refractivity contribution >= 4 is 41.3 Å². The molecule has 126 valence electrons. The predicted octanol–water partition coefficient (Wildman–Crippen LogP) is 4.10. The maximum absolute atomic E-state index is 5.85. The van der Waals surface area contributed by atoms with E-state index < -0.39 is 0 Å². The molecule has 0 spiro atoms. The summed E-state index contributed by atoms with van der Waals surface area (Å²) >= 11 is 1.73. The molecule has 6 heteroatoms. The highest BCUT2D eigenvalue weighted by atomic mass is 127. The second-order valence-electron chi connectivity index (χ2n) is 5.47. The van der Waals surface area contributed by atoms with Gasteiger partial charge in [0.05, 0.1) is 13.7 Å². The highest BCUT2D eigenvalue weighted by Gasteiger charge is 2.03. The lowest BCUT2D eigenvalue weighted by Crippen LogP contribution is -2.34. The summed E-state index contributed by atoms with van der Waals surface area (Å²) in [7, 11) is 1.67. The van der Waals surface area contributed by atoms with Gasteiger partial charge in [0.15, 0.2) is 5.96 Å². The zero-order valence-corrected chi connectivity index (χ0v) is 16.9. The minimum Gasteiger partial charge on any atom is -0.497 e. The number of ether oxygens (including phenoxy) is 1. The first-order valence-corrected chi connectivity index (χ1v) is 8.17. The number of nitrogens with one attached hydrogen (secondary N) is 1. The van der Waals surface area contributed by atoms with Crippen LogP contribution in [0.1, 0.15) is 18.7 Å². The molecule has 0 unspecified atom stereocenters. The molecule has 0 fully saturated rings.